The Morgan fingerprint density at radius 2 is 2.13 bits per heavy atom. The van der Waals surface area contributed by atoms with Crippen molar-refractivity contribution in [3.05, 3.63) is 27.5 Å². The van der Waals surface area contributed by atoms with Gasteiger partial charge in [-0.1, -0.05) is 12.1 Å². The number of halogens is 3. The van der Waals surface area contributed by atoms with Gasteiger partial charge >= 0.3 is 12.2 Å². The molecular formula is C13H15F3N4O2S. The SMILES string of the molecule is CCC(NC(=O)Nc1c(C)noc1C)c1nc(C(F)(F)F)cs1. The van der Waals surface area contributed by atoms with Crippen LogP contribution in [0.1, 0.15) is 41.5 Å². The van der Waals surface area contributed by atoms with E-state index in [0.29, 0.717) is 23.6 Å². The monoisotopic (exact) mass is 348 g/mol. The van der Waals surface area contributed by atoms with Gasteiger partial charge in [0.25, 0.3) is 0 Å². The second-order valence-corrected chi connectivity index (χ2v) is 5.72. The second-order valence-electron chi connectivity index (χ2n) is 4.83. The molecule has 0 aliphatic rings. The second kappa shape index (κ2) is 6.57. The quantitative estimate of drug-likeness (QED) is 0.874. The van der Waals surface area contributed by atoms with Crippen molar-refractivity contribution >= 4 is 23.1 Å². The number of carbonyl (C=O) groups is 1. The molecule has 1 unspecified atom stereocenters. The maximum Gasteiger partial charge on any atom is 0.434 e. The van der Waals surface area contributed by atoms with Gasteiger partial charge in [0.2, 0.25) is 0 Å². The maximum atomic E-state index is 12.6. The summed E-state index contributed by atoms with van der Waals surface area (Å²) in [6.07, 6.45) is -4.09. The minimum absolute atomic E-state index is 0.203. The Balaban J connectivity index is 2.07. The molecule has 10 heteroatoms. The molecule has 2 aromatic heterocycles. The molecule has 2 heterocycles. The van der Waals surface area contributed by atoms with Crippen LogP contribution in [0.3, 0.4) is 0 Å². The molecule has 126 valence electrons. The first-order valence-corrected chi connectivity index (χ1v) is 7.63. The van der Waals surface area contributed by atoms with Crippen molar-refractivity contribution in [1.82, 2.24) is 15.5 Å². The lowest BCUT2D eigenvalue weighted by molar-refractivity contribution is -0.140. The van der Waals surface area contributed by atoms with Crippen LogP contribution in [0.25, 0.3) is 0 Å². The lowest BCUT2D eigenvalue weighted by Crippen LogP contribution is -2.32. The summed E-state index contributed by atoms with van der Waals surface area (Å²) in [5.74, 6) is 0.444. The number of rotatable bonds is 4. The number of hydrogen-bond acceptors (Lipinski definition) is 5. The summed E-state index contributed by atoms with van der Waals surface area (Å²) in [4.78, 5) is 15.6. The normalized spacial score (nSPS) is 13.0. The average Bonchev–Trinajstić information content (AvgIpc) is 3.07. The number of aryl methyl sites for hydroxylation is 2. The van der Waals surface area contributed by atoms with Gasteiger partial charge in [0, 0.05) is 5.38 Å². The molecule has 0 saturated carbocycles. The number of alkyl halides is 3. The number of urea groups is 1. The zero-order chi connectivity index (χ0) is 17.2. The van der Waals surface area contributed by atoms with Gasteiger partial charge in [-0.2, -0.15) is 13.2 Å². The first-order chi connectivity index (χ1) is 10.7. The number of anilines is 1. The average molecular weight is 348 g/mol. The Hall–Kier alpha value is -2.10. The van der Waals surface area contributed by atoms with Crippen LogP contribution in [0.15, 0.2) is 9.90 Å². The topological polar surface area (TPSA) is 80.0 Å². The number of carbonyl (C=O) groups excluding carboxylic acids is 1. The summed E-state index contributed by atoms with van der Waals surface area (Å²) in [7, 11) is 0. The molecule has 0 saturated heterocycles. The molecule has 2 rings (SSSR count). The fourth-order valence-corrected chi connectivity index (χ4v) is 2.85. The highest BCUT2D eigenvalue weighted by Gasteiger charge is 2.34. The summed E-state index contributed by atoms with van der Waals surface area (Å²) in [5, 5.41) is 10.0. The molecule has 0 aliphatic carbocycles. The highest BCUT2D eigenvalue weighted by molar-refractivity contribution is 7.09. The van der Waals surface area contributed by atoms with E-state index in [1.807, 2.05) is 0 Å². The van der Waals surface area contributed by atoms with E-state index in [0.717, 1.165) is 16.7 Å². The Kier molecular flexibility index (Phi) is 4.93. The summed E-state index contributed by atoms with van der Waals surface area (Å²) in [6.45, 7) is 5.05. The van der Waals surface area contributed by atoms with Crippen molar-refractivity contribution in [1.29, 1.82) is 0 Å². The summed E-state index contributed by atoms with van der Waals surface area (Å²) >= 11 is 0.861. The van der Waals surface area contributed by atoms with Gasteiger partial charge in [-0.3, -0.25) is 0 Å². The molecule has 0 fully saturated rings. The van der Waals surface area contributed by atoms with Gasteiger partial charge in [-0.15, -0.1) is 11.3 Å². The molecule has 6 nitrogen and oxygen atoms in total. The van der Waals surface area contributed by atoms with E-state index in [9.17, 15) is 18.0 Å². The predicted octanol–water partition coefficient (Wildman–Crippen LogP) is 4.04. The van der Waals surface area contributed by atoms with Crippen molar-refractivity contribution < 1.29 is 22.5 Å². The third kappa shape index (κ3) is 4.01. The summed E-state index contributed by atoms with van der Waals surface area (Å²) in [5.41, 5.74) is -0.00402. The van der Waals surface area contributed by atoms with Crippen LogP contribution in [-0.2, 0) is 6.18 Å². The summed E-state index contributed by atoms with van der Waals surface area (Å²) < 4.78 is 42.7. The Morgan fingerprint density at radius 3 is 2.61 bits per heavy atom. The Morgan fingerprint density at radius 1 is 1.43 bits per heavy atom. The number of hydrogen-bond donors (Lipinski definition) is 2. The maximum absolute atomic E-state index is 12.6. The number of aromatic nitrogens is 2. The van der Waals surface area contributed by atoms with Crippen molar-refractivity contribution in [2.45, 2.75) is 39.4 Å². The Labute approximate surface area is 134 Å². The highest BCUT2D eigenvalue weighted by atomic mass is 32.1. The van der Waals surface area contributed by atoms with Crippen LogP contribution in [0.4, 0.5) is 23.7 Å². The molecule has 0 aliphatic heterocycles. The molecule has 1 atom stereocenters. The summed E-state index contributed by atoms with van der Waals surface area (Å²) in [6, 6.07) is -1.17. The van der Waals surface area contributed by atoms with Gasteiger partial charge in [-0.25, -0.2) is 9.78 Å². The number of nitrogens with zero attached hydrogens (tertiary/aromatic N) is 2. The van der Waals surface area contributed by atoms with E-state index in [4.69, 9.17) is 4.52 Å². The third-order valence-corrected chi connectivity index (χ3v) is 4.05. The van der Waals surface area contributed by atoms with E-state index >= 15 is 0 Å². The van der Waals surface area contributed by atoms with Crippen molar-refractivity contribution in [2.24, 2.45) is 0 Å². The predicted molar refractivity (Wildman–Crippen MR) is 78.3 cm³/mol. The fourth-order valence-electron chi connectivity index (χ4n) is 1.89. The lowest BCUT2D eigenvalue weighted by Gasteiger charge is -2.15. The van der Waals surface area contributed by atoms with E-state index in [1.54, 1.807) is 20.8 Å². The molecule has 2 amide bonds. The molecule has 0 aromatic carbocycles. The minimum Gasteiger partial charge on any atom is -0.359 e. The van der Waals surface area contributed by atoms with Crippen LogP contribution in [0.5, 0.6) is 0 Å². The highest BCUT2D eigenvalue weighted by Crippen LogP contribution is 2.32. The number of thiazole rings is 1. The van der Waals surface area contributed by atoms with Gasteiger partial charge in [0.15, 0.2) is 11.5 Å². The largest absolute Gasteiger partial charge is 0.434 e. The first-order valence-electron chi connectivity index (χ1n) is 6.75. The van der Waals surface area contributed by atoms with Crippen LogP contribution in [0, 0.1) is 13.8 Å². The zero-order valence-corrected chi connectivity index (χ0v) is 13.4. The van der Waals surface area contributed by atoms with E-state index in [-0.39, 0.29) is 5.01 Å². The molecule has 23 heavy (non-hydrogen) atoms. The van der Waals surface area contributed by atoms with Crippen LogP contribution in [-0.4, -0.2) is 16.2 Å². The van der Waals surface area contributed by atoms with Crippen LogP contribution >= 0.6 is 11.3 Å². The smallest absolute Gasteiger partial charge is 0.359 e. The van der Waals surface area contributed by atoms with Crippen molar-refractivity contribution in [2.75, 3.05) is 5.32 Å². The van der Waals surface area contributed by atoms with Crippen LogP contribution in [0.2, 0.25) is 0 Å². The van der Waals surface area contributed by atoms with Gasteiger partial charge in [0.05, 0.1) is 6.04 Å². The molecular weight excluding hydrogens is 333 g/mol. The van der Waals surface area contributed by atoms with Crippen LogP contribution < -0.4 is 10.6 Å². The van der Waals surface area contributed by atoms with Crippen molar-refractivity contribution in [3.63, 3.8) is 0 Å². The Bertz CT molecular complexity index is 676. The van der Waals surface area contributed by atoms with Gasteiger partial charge in [0.1, 0.15) is 16.4 Å². The first kappa shape index (κ1) is 17.3. The molecule has 2 aromatic rings. The zero-order valence-electron chi connectivity index (χ0n) is 12.6. The van der Waals surface area contributed by atoms with Crippen molar-refractivity contribution in [3.8, 4) is 0 Å². The van der Waals surface area contributed by atoms with E-state index in [2.05, 4.69) is 20.8 Å². The lowest BCUT2D eigenvalue weighted by atomic mass is 10.2. The molecule has 0 spiro atoms. The van der Waals surface area contributed by atoms with Gasteiger partial charge < -0.3 is 15.2 Å². The molecule has 2 N–H and O–H groups in total. The minimum atomic E-state index is -4.49. The molecule has 0 bridgehead atoms. The third-order valence-electron chi connectivity index (χ3n) is 3.10. The van der Waals surface area contributed by atoms with Gasteiger partial charge in [-0.05, 0) is 20.3 Å². The molecule has 0 radical (unpaired) electrons. The van der Waals surface area contributed by atoms with E-state index in [1.165, 1.54) is 0 Å². The number of amides is 2. The standard InChI is InChI=1S/C13H15F3N4O2S/c1-4-8(11-18-9(5-23-11)13(14,15)16)17-12(21)19-10-6(2)20-22-7(10)3/h5,8H,4H2,1-3H3,(H2,17,19,21). The fraction of sp³-hybridized carbons (Fsp3) is 0.462. The van der Waals surface area contributed by atoms with E-state index < -0.39 is 23.9 Å². The number of nitrogens with one attached hydrogen (secondary N) is 2.